The number of thioether (sulfide) groups is 1. The Kier molecular flexibility index (Phi) is 6.09. The summed E-state index contributed by atoms with van der Waals surface area (Å²) in [5, 5.41) is 5.62. The second-order valence-electron chi connectivity index (χ2n) is 7.43. The van der Waals surface area contributed by atoms with Crippen molar-refractivity contribution in [2.24, 2.45) is 0 Å². The molecule has 0 radical (unpaired) electrons. The number of nitrogens with zero attached hydrogens (tertiary/aromatic N) is 1. The van der Waals surface area contributed by atoms with Gasteiger partial charge in [0.05, 0.1) is 30.1 Å². The second kappa shape index (κ2) is 8.96. The number of aryl methyl sites for hydroxylation is 1. The fourth-order valence-corrected chi connectivity index (χ4v) is 4.19. The third kappa shape index (κ3) is 4.16. The Bertz CT molecular complexity index is 1110. The molecule has 2 aromatic rings. The van der Waals surface area contributed by atoms with Gasteiger partial charge in [0.25, 0.3) is 0 Å². The standard InChI is InChI=1S/C23H23N3O5S/c1-13-4-9-18(30-2)16(10-13)24-19(27)11-26-17-12-31-22(28)20(17)21(25-23(26)29)14-5-7-15(32-3)8-6-14/h4-10,21H,11-12H2,1-3H3,(H,24,27)(H,25,29)/t21-/m1/s1. The van der Waals surface area contributed by atoms with E-state index in [9.17, 15) is 14.4 Å². The Morgan fingerprint density at radius 1 is 1.25 bits per heavy atom. The molecule has 1 atom stereocenters. The van der Waals surface area contributed by atoms with E-state index in [1.165, 1.54) is 12.0 Å². The molecule has 0 unspecified atom stereocenters. The van der Waals surface area contributed by atoms with Gasteiger partial charge < -0.3 is 20.1 Å². The number of amides is 3. The molecule has 2 aliphatic rings. The van der Waals surface area contributed by atoms with Crippen molar-refractivity contribution in [2.75, 3.05) is 31.8 Å². The summed E-state index contributed by atoms with van der Waals surface area (Å²) in [4.78, 5) is 40.5. The minimum Gasteiger partial charge on any atom is -0.495 e. The number of benzene rings is 2. The number of urea groups is 1. The van der Waals surface area contributed by atoms with Crippen LogP contribution < -0.4 is 15.4 Å². The van der Waals surface area contributed by atoms with E-state index in [1.54, 1.807) is 23.9 Å². The summed E-state index contributed by atoms with van der Waals surface area (Å²) in [6.07, 6.45) is 1.97. The minimum atomic E-state index is -0.625. The molecular formula is C23H23N3O5S. The molecule has 32 heavy (non-hydrogen) atoms. The highest BCUT2D eigenvalue weighted by Gasteiger charge is 2.42. The normalized spacial score (nSPS) is 17.6. The zero-order chi connectivity index (χ0) is 22.8. The largest absolute Gasteiger partial charge is 0.495 e. The van der Waals surface area contributed by atoms with Crippen LogP contribution in [0.15, 0.2) is 58.6 Å². The first-order chi connectivity index (χ1) is 15.4. The molecule has 166 valence electrons. The van der Waals surface area contributed by atoms with Crippen molar-refractivity contribution in [3.8, 4) is 5.75 Å². The van der Waals surface area contributed by atoms with Crippen molar-refractivity contribution in [3.05, 3.63) is 64.9 Å². The lowest BCUT2D eigenvalue weighted by molar-refractivity contribution is -0.136. The molecule has 0 bridgehead atoms. The SMILES string of the molecule is COc1ccc(C)cc1NC(=O)CN1C(=O)N[C@H](c2ccc(SC)cc2)C2=C1COC2=O. The van der Waals surface area contributed by atoms with Gasteiger partial charge in [0.1, 0.15) is 18.9 Å². The first-order valence-electron chi connectivity index (χ1n) is 9.98. The van der Waals surface area contributed by atoms with E-state index in [2.05, 4.69) is 10.6 Å². The topological polar surface area (TPSA) is 97.0 Å². The molecule has 3 amide bonds. The van der Waals surface area contributed by atoms with Crippen molar-refractivity contribution in [1.29, 1.82) is 0 Å². The van der Waals surface area contributed by atoms with Crippen molar-refractivity contribution in [3.63, 3.8) is 0 Å². The van der Waals surface area contributed by atoms with E-state index in [0.29, 0.717) is 22.7 Å². The highest BCUT2D eigenvalue weighted by molar-refractivity contribution is 7.98. The van der Waals surface area contributed by atoms with Gasteiger partial charge in [0.15, 0.2) is 0 Å². The number of anilines is 1. The summed E-state index contributed by atoms with van der Waals surface area (Å²) >= 11 is 1.60. The Labute approximate surface area is 189 Å². The number of carbonyl (C=O) groups excluding carboxylic acids is 3. The first kappa shape index (κ1) is 21.8. The summed E-state index contributed by atoms with van der Waals surface area (Å²) < 4.78 is 10.5. The van der Waals surface area contributed by atoms with Crippen LogP contribution in [-0.4, -0.2) is 49.3 Å². The van der Waals surface area contributed by atoms with E-state index in [-0.39, 0.29) is 13.2 Å². The fraction of sp³-hybridized carbons (Fsp3) is 0.261. The Hall–Kier alpha value is -3.46. The van der Waals surface area contributed by atoms with Gasteiger partial charge in [-0.2, -0.15) is 0 Å². The molecular weight excluding hydrogens is 430 g/mol. The summed E-state index contributed by atoms with van der Waals surface area (Å²) in [6, 6.07) is 11.9. The zero-order valence-corrected chi connectivity index (χ0v) is 18.7. The van der Waals surface area contributed by atoms with Gasteiger partial charge in [0, 0.05) is 4.90 Å². The molecule has 8 nitrogen and oxygen atoms in total. The monoisotopic (exact) mass is 453 g/mol. The number of carbonyl (C=O) groups is 3. The number of nitrogens with one attached hydrogen (secondary N) is 2. The average Bonchev–Trinajstić information content (AvgIpc) is 3.17. The molecule has 0 saturated carbocycles. The highest BCUT2D eigenvalue weighted by Crippen LogP contribution is 2.35. The molecule has 4 rings (SSSR count). The number of rotatable bonds is 6. The van der Waals surface area contributed by atoms with Crippen LogP contribution in [0.25, 0.3) is 0 Å². The number of methoxy groups -OCH3 is 1. The molecule has 0 fully saturated rings. The predicted octanol–water partition coefficient (Wildman–Crippen LogP) is 3.24. The number of ether oxygens (including phenoxy) is 2. The molecule has 2 heterocycles. The molecule has 0 spiro atoms. The maximum Gasteiger partial charge on any atom is 0.338 e. The van der Waals surface area contributed by atoms with E-state index in [1.807, 2.05) is 43.5 Å². The van der Waals surface area contributed by atoms with Crippen molar-refractivity contribution < 1.29 is 23.9 Å². The summed E-state index contributed by atoms with van der Waals surface area (Å²) in [6.45, 7) is 1.58. The second-order valence-corrected chi connectivity index (χ2v) is 8.31. The third-order valence-corrected chi connectivity index (χ3v) is 6.12. The Morgan fingerprint density at radius 3 is 2.69 bits per heavy atom. The van der Waals surface area contributed by atoms with Crippen LogP contribution in [0.5, 0.6) is 5.75 Å². The van der Waals surface area contributed by atoms with Gasteiger partial charge >= 0.3 is 12.0 Å². The van der Waals surface area contributed by atoms with Crippen LogP contribution in [0.1, 0.15) is 17.2 Å². The van der Waals surface area contributed by atoms with Crippen LogP contribution in [0, 0.1) is 6.92 Å². The van der Waals surface area contributed by atoms with E-state index < -0.39 is 23.9 Å². The minimum absolute atomic E-state index is 0.0535. The van der Waals surface area contributed by atoms with Gasteiger partial charge in [0.2, 0.25) is 5.91 Å². The molecule has 9 heteroatoms. The van der Waals surface area contributed by atoms with Crippen molar-refractivity contribution >= 4 is 35.4 Å². The number of esters is 1. The van der Waals surface area contributed by atoms with E-state index in [0.717, 1.165) is 16.0 Å². The van der Waals surface area contributed by atoms with E-state index >= 15 is 0 Å². The Balaban J connectivity index is 1.58. The summed E-state index contributed by atoms with van der Waals surface area (Å²) in [5.41, 5.74) is 2.99. The fourth-order valence-electron chi connectivity index (χ4n) is 3.78. The summed E-state index contributed by atoms with van der Waals surface area (Å²) in [5.74, 6) is -0.400. The average molecular weight is 454 g/mol. The molecule has 0 saturated heterocycles. The van der Waals surface area contributed by atoms with Gasteiger partial charge in [-0.05, 0) is 48.6 Å². The lowest BCUT2D eigenvalue weighted by Gasteiger charge is -2.32. The van der Waals surface area contributed by atoms with Crippen LogP contribution in [-0.2, 0) is 14.3 Å². The third-order valence-electron chi connectivity index (χ3n) is 5.38. The number of hydrogen-bond donors (Lipinski definition) is 2. The van der Waals surface area contributed by atoms with Crippen molar-refractivity contribution in [2.45, 2.75) is 17.9 Å². The maximum absolute atomic E-state index is 12.9. The number of cyclic esters (lactones) is 1. The molecule has 0 aliphatic carbocycles. The van der Waals surface area contributed by atoms with Gasteiger partial charge in [-0.3, -0.25) is 9.69 Å². The molecule has 0 aromatic heterocycles. The van der Waals surface area contributed by atoms with Crippen LogP contribution in [0.2, 0.25) is 0 Å². The number of hydrogen-bond acceptors (Lipinski definition) is 6. The maximum atomic E-state index is 12.9. The summed E-state index contributed by atoms with van der Waals surface area (Å²) in [7, 11) is 1.52. The molecule has 2 aliphatic heterocycles. The van der Waals surface area contributed by atoms with Gasteiger partial charge in [-0.25, -0.2) is 9.59 Å². The van der Waals surface area contributed by atoms with Gasteiger partial charge in [-0.15, -0.1) is 11.8 Å². The lowest BCUT2D eigenvalue weighted by Crippen LogP contribution is -2.49. The van der Waals surface area contributed by atoms with Crippen molar-refractivity contribution in [1.82, 2.24) is 10.2 Å². The highest BCUT2D eigenvalue weighted by atomic mass is 32.2. The van der Waals surface area contributed by atoms with Crippen LogP contribution in [0.4, 0.5) is 10.5 Å². The zero-order valence-electron chi connectivity index (χ0n) is 17.9. The lowest BCUT2D eigenvalue weighted by atomic mass is 9.96. The van der Waals surface area contributed by atoms with Crippen LogP contribution in [0.3, 0.4) is 0 Å². The van der Waals surface area contributed by atoms with Gasteiger partial charge in [-0.1, -0.05) is 18.2 Å². The Morgan fingerprint density at radius 2 is 2.00 bits per heavy atom. The molecule has 2 aromatic carbocycles. The smallest absolute Gasteiger partial charge is 0.338 e. The first-order valence-corrected chi connectivity index (χ1v) is 11.2. The predicted molar refractivity (Wildman–Crippen MR) is 121 cm³/mol. The molecule has 2 N–H and O–H groups in total. The van der Waals surface area contributed by atoms with Crippen LogP contribution >= 0.6 is 11.8 Å². The quantitative estimate of drug-likeness (QED) is 0.515. The van der Waals surface area contributed by atoms with E-state index in [4.69, 9.17) is 9.47 Å².